The van der Waals surface area contributed by atoms with Gasteiger partial charge in [0.1, 0.15) is 0 Å². The molecule has 0 amide bonds. The highest BCUT2D eigenvalue weighted by Crippen LogP contribution is 2.34. The molecule has 2 heterocycles. The van der Waals surface area contributed by atoms with Crippen LogP contribution in [0.4, 0.5) is 0 Å². The molecule has 1 unspecified atom stereocenters. The molecule has 1 N–H and O–H groups in total. The van der Waals surface area contributed by atoms with Gasteiger partial charge in [0.05, 0.1) is 6.10 Å². The summed E-state index contributed by atoms with van der Waals surface area (Å²) in [4.78, 5) is 2.54. The predicted octanol–water partition coefficient (Wildman–Crippen LogP) is 2.66. The molecular weight excluding hydrogens is 236 g/mol. The Hall–Kier alpha value is -0.120. The Bertz CT molecular complexity index is 240. The van der Waals surface area contributed by atoms with Gasteiger partial charge in [0.2, 0.25) is 0 Å². The minimum atomic E-state index is 0.485. The van der Waals surface area contributed by atoms with E-state index in [9.17, 15) is 0 Å². The molecule has 0 bridgehead atoms. The summed E-state index contributed by atoms with van der Waals surface area (Å²) in [5.74, 6) is 0. The summed E-state index contributed by atoms with van der Waals surface area (Å²) in [5, 5.41) is 3.51. The molecule has 3 heteroatoms. The SMILES string of the molecule is CCCC1(CN(C)CC2CCCCO2)CCNCC1. The summed E-state index contributed by atoms with van der Waals surface area (Å²) < 4.78 is 5.88. The second-order valence-electron chi connectivity index (χ2n) is 6.69. The third-order valence-corrected chi connectivity index (χ3v) is 4.84. The fourth-order valence-electron chi connectivity index (χ4n) is 3.91. The van der Waals surface area contributed by atoms with Gasteiger partial charge in [0, 0.05) is 19.7 Å². The van der Waals surface area contributed by atoms with Crippen molar-refractivity contribution in [2.24, 2.45) is 5.41 Å². The van der Waals surface area contributed by atoms with Crippen molar-refractivity contribution >= 4 is 0 Å². The standard InChI is InChI=1S/C16H32N2O/c1-3-7-16(8-10-17-11-9-16)14-18(2)13-15-6-4-5-12-19-15/h15,17H,3-14H2,1-2H3. The molecule has 3 nitrogen and oxygen atoms in total. The average molecular weight is 268 g/mol. The number of hydrogen-bond donors (Lipinski definition) is 1. The molecule has 2 fully saturated rings. The van der Waals surface area contributed by atoms with Gasteiger partial charge in [-0.15, -0.1) is 0 Å². The molecule has 112 valence electrons. The fourth-order valence-corrected chi connectivity index (χ4v) is 3.91. The second-order valence-corrected chi connectivity index (χ2v) is 6.69. The molecule has 0 radical (unpaired) electrons. The molecule has 0 spiro atoms. The highest BCUT2D eigenvalue weighted by atomic mass is 16.5. The molecule has 2 aliphatic rings. The van der Waals surface area contributed by atoms with Crippen LogP contribution in [-0.4, -0.2) is 50.8 Å². The summed E-state index contributed by atoms with van der Waals surface area (Å²) >= 11 is 0. The maximum absolute atomic E-state index is 5.88. The topological polar surface area (TPSA) is 24.5 Å². The first-order chi connectivity index (χ1) is 9.24. The van der Waals surface area contributed by atoms with Gasteiger partial charge < -0.3 is 15.0 Å². The lowest BCUT2D eigenvalue weighted by atomic mass is 9.75. The van der Waals surface area contributed by atoms with Crippen LogP contribution in [0.25, 0.3) is 0 Å². The largest absolute Gasteiger partial charge is 0.377 e. The Balaban J connectivity index is 1.81. The van der Waals surface area contributed by atoms with E-state index < -0.39 is 0 Å². The van der Waals surface area contributed by atoms with E-state index in [1.807, 2.05) is 0 Å². The van der Waals surface area contributed by atoms with E-state index in [2.05, 4.69) is 24.2 Å². The van der Waals surface area contributed by atoms with Gasteiger partial charge in [0.15, 0.2) is 0 Å². The van der Waals surface area contributed by atoms with Crippen LogP contribution in [-0.2, 0) is 4.74 Å². The molecular formula is C16H32N2O. The number of nitrogens with one attached hydrogen (secondary N) is 1. The maximum atomic E-state index is 5.88. The molecule has 2 aliphatic heterocycles. The number of hydrogen-bond acceptors (Lipinski definition) is 3. The first kappa shape index (κ1) is 15.3. The molecule has 0 aromatic carbocycles. The van der Waals surface area contributed by atoms with Crippen molar-refractivity contribution in [3.63, 3.8) is 0 Å². The van der Waals surface area contributed by atoms with Gasteiger partial charge in [-0.05, 0) is 64.1 Å². The Kier molecular flexibility index (Phi) is 6.11. The predicted molar refractivity (Wildman–Crippen MR) is 80.5 cm³/mol. The zero-order valence-corrected chi connectivity index (χ0v) is 12.9. The van der Waals surface area contributed by atoms with Gasteiger partial charge in [-0.2, -0.15) is 0 Å². The number of rotatable bonds is 6. The van der Waals surface area contributed by atoms with Gasteiger partial charge >= 0.3 is 0 Å². The van der Waals surface area contributed by atoms with Crippen molar-refractivity contribution in [3.8, 4) is 0 Å². The van der Waals surface area contributed by atoms with Crippen LogP contribution in [0.2, 0.25) is 0 Å². The van der Waals surface area contributed by atoms with Crippen molar-refractivity contribution < 1.29 is 4.74 Å². The van der Waals surface area contributed by atoms with E-state index in [0.717, 1.165) is 13.2 Å². The Morgan fingerprint density at radius 1 is 1.26 bits per heavy atom. The smallest absolute Gasteiger partial charge is 0.0701 e. The lowest BCUT2D eigenvalue weighted by molar-refractivity contribution is -0.0109. The number of likely N-dealkylation sites (N-methyl/N-ethyl adjacent to an activating group) is 1. The van der Waals surface area contributed by atoms with Gasteiger partial charge in [-0.1, -0.05) is 13.3 Å². The van der Waals surface area contributed by atoms with Crippen LogP contribution in [0.15, 0.2) is 0 Å². The summed E-state index contributed by atoms with van der Waals surface area (Å²) in [7, 11) is 2.29. The van der Waals surface area contributed by atoms with E-state index in [4.69, 9.17) is 4.74 Å². The van der Waals surface area contributed by atoms with Crippen LogP contribution in [0.1, 0.15) is 51.9 Å². The Morgan fingerprint density at radius 2 is 2.05 bits per heavy atom. The normalized spacial score (nSPS) is 27.6. The van der Waals surface area contributed by atoms with Crippen LogP contribution in [0.3, 0.4) is 0 Å². The second kappa shape index (κ2) is 7.61. The maximum Gasteiger partial charge on any atom is 0.0701 e. The first-order valence-corrected chi connectivity index (χ1v) is 8.25. The van der Waals surface area contributed by atoms with Gasteiger partial charge in [0.25, 0.3) is 0 Å². The monoisotopic (exact) mass is 268 g/mol. The molecule has 0 aromatic rings. The van der Waals surface area contributed by atoms with E-state index in [1.165, 1.54) is 64.6 Å². The van der Waals surface area contributed by atoms with Crippen molar-refractivity contribution in [2.45, 2.75) is 58.0 Å². The van der Waals surface area contributed by atoms with E-state index in [-0.39, 0.29) is 0 Å². The molecule has 0 saturated carbocycles. The van der Waals surface area contributed by atoms with Crippen LogP contribution in [0, 0.1) is 5.41 Å². The summed E-state index contributed by atoms with van der Waals surface area (Å²) in [6.07, 6.45) is 9.73. The fraction of sp³-hybridized carbons (Fsp3) is 1.00. The van der Waals surface area contributed by atoms with Crippen molar-refractivity contribution in [2.75, 3.05) is 39.8 Å². The zero-order chi connectivity index (χ0) is 13.6. The molecule has 1 atom stereocenters. The quantitative estimate of drug-likeness (QED) is 0.801. The Morgan fingerprint density at radius 3 is 2.68 bits per heavy atom. The molecule has 2 rings (SSSR count). The van der Waals surface area contributed by atoms with Crippen molar-refractivity contribution in [1.82, 2.24) is 10.2 Å². The molecule has 2 saturated heterocycles. The lowest BCUT2D eigenvalue weighted by Crippen LogP contribution is -2.45. The summed E-state index contributed by atoms with van der Waals surface area (Å²) in [6.45, 7) is 8.08. The average Bonchev–Trinajstić information content (AvgIpc) is 2.40. The highest BCUT2D eigenvalue weighted by molar-refractivity contribution is 4.87. The minimum absolute atomic E-state index is 0.485. The summed E-state index contributed by atoms with van der Waals surface area (Å²) in [6, 6.07) is 0. The highest BCUT2D eigenvalue weighted by Gasteiger charge is 2.32. The van der Waals surface area contributed by atoms with E-state index in [0.29, 0.717) is 11.5 Å². The number of piperidine rings is 1. The van der Waals surface area contributed by atoms with Crippen molar-refractivity contribution in [1.29, 1.82) is 0 Å². The van der Waals surface area contributed by atoms with Gasteiger partial charge in [-0.25, -0.2) is 0 Å². The lowest BCUT2D eigenvalue weighted by Gasteiger charge is -2.41. The van der Waals surface area contributed by atoms with Crippen LogP contribution in [0.5, 0.6) is 0 Å². The first-order valence-electron chi connectivity index (χ1n) is 8.25. The minimum Gasteiger partial charge on any atom is -0.377 e. The third-order valence-electron chi connectivity index (χ3n) is 4.84. The van der Waals surface area contributed by atoms with Crippen LogP contribution >= 0.6 is 0 Å². The summed E-state index contributed by atoms with van der Waals surface area (Å²) in [5.41, 5.74) is 0.559. The molecule has 0 aromatic heterocycles. The molecule has 0 aliphatic carbocycles. The Labute approximate surface area is 119 Å². The van der Waals surface area contributed by atoms with E-state index >= 15 is 0 Å². The van der Waals surface area contributed by atoms with Gasteiger partial charge in [-0.3, -0.25) is 0 Å². The number of ether oxygens (including phenoxy) is 1. The van der Waals surface area contributed by atoms with E-state index in [1.54, 1.807) is 0 Å². The van der Waals surface area contributed by atoms with Crippen molar-refractivity contribution in [3.05, 3.63) is 0 Å². The number of nitrogens with zero attached hydrogens (tertiary/aromatic N) is 1. The third kappa shape index (κ3) is 4.73. The zero-order valence-electron chi connectivity index (χ0n) is 12.9. The molecule has 19 heavy (non-hydrogen) atoms. The van der Waals surface area contributed by atoms with Crippen LogP contribution < -0.4 is 5.32 Å².